The summed E-state index contributed by atoms with van der Waals surface area (Å²) in [4.78, 5) is 23.9. The first-order valence-electron chi connectivity index (χ1n) is 3.90. The lowest BCUT2D eigenvalue weighted by atomic mass is 10.7. The molecule has 0 aliphatic rings. The zero-order valence-corrected chi connectivity index (χ0v) is 8.83. The van der Waals surface area contributed by atoms with Gasteiger partial charge in [-0.05, 0) is 19.6 Å². The minimum Gasteiger partial charge on any atom is -0.467 e. The van der Waals surface area contributed by atoms with Crippen molar-refractivity contribution in [1.29, 1.82) is 0 Å². The Morgan fingerprint density at radius 1 is 1.38 bits per heavy atom. The Hall–Kier alpha value is -1.30. The van der Waals surface area contributed by atoms with E-state index >= 15 is 0 Å². The molecule has 0 aromatic carbocycles. The number of nitrogens with one attached hydrogen (secondary N) is 1. The standard InChI is InChI=1S/C7H12N2O3Si/c1-13(2,3)12-9-5-4-6(10)8-7(9)11/h4-5H,1-3H3,(H,8,10,11). The first kappa shape index (κ1) is 9.78. The van der Waals surface area contributed by atoms with E-state index in [1.54, 1.807) is 0 Å². The zero-order valence-electron chi connectivity index (χ0n) is 7.83. The van der Waals surface area contributed by atoms with Gasteiger partial charge in [0.25, 0.3) is 13.9 Å². The largest absolute Gasteiger partial charge is 0.467 e. The number of aromatic nitrogens is 2. The van der Waals surface area contributed by atoms with E-state index in [1.165, 1.54) is 12.3 Å². The number of nitrogens with zero attached hydrogens (tertiary/aromatic N) is 1. The Balaban J connectivity index is 3.04. The van der Waals surface area contributed by atoms with Crippen LogP contribution in [0.2, 0.25) is 19.6 Å². The second-order valence-electron chi connectivity index (χ2n) is 3.64. The van der Waals surface area contributed by atoms with Gasteiger partial charge in [0.05, 0.1) is 6.20 Å². The quantitative estimate of drug-likeness (QED) is 0.672. The molecule has 0 radical (unpaired) electrons. The van der Waals surface area contributed by atoms with Crippen molar-refractivity contribution in [2.45, 2.75) is 19.6 Å². The number of hydrogen-bond acceptors (Lipinski definition) is 3. The molecule has 1 rings (SSSR count). The van der Waals surface area contributed by atoms with Crippen molar-refractivity contribution in [2.24, 2.45) is 0 Å². The van der Waals surface area contributed by atoms with E-state index in [1.807, 2.05) is 19.6 Å². The van der Waals surface area contributed by atoms with Crippen molar-refractivity contribution in [3.05, 3.63) is 33.1 Å². The van der Waals surface area contributed by atoms with Gasteiger partial charge < -0.3 is 4.53 Å². The molecule has 0 saturated heterocycles. The van der Waals surface area contributed by atoms with E-state index < -0.39 is 19.6 Å². The highest BCUT2D eigenvalue weighted by Crippen LogP contribution is 1.95. The van der Waals surface area contributed by atoms with Gasteiger partial charge in [0.1, 0.15) is 0 Å². The van der Waals surface area contributed by atoms with Gasteiger partial charge in [0.15, 0.2) is 0 Å². The van der Waals surface area contributed by atoms with Crippen LogP contribution >= 0.6 is 0 Å². The normalized spacial score (nSPS) is 11.3. The maximum atomic E-state index is 11.1. The summed E-state index contributed by atoms with van der Waals surface area (Å²) >= 11 is 0. The summed E-state index contributed by atoms with van der Waals surface area (Å²) in [5.74, 6) is 0. The molecule has 1 heterocycles. The van der Waals surface area contributed by atoms with Crippen molar-refractivity contribution in [3.8, 4) is 0 Å². The molecule has 0 saturated carbocycles. The second-order valence-corrected chi connectivity index (χ2v) is 8.05. The molecule has 0 spiro atoms. The van der Waals surface area contributed by atoms with Gasteiger partial charge in [0.2, 0.25) is 0 Å². The Morgan fingerprint density at radius 2 is 2.00 bits per heavy atom. The van der Waals surface area contributed by atoms with Crippen LogP contribution in [0, 0.1) is 0 Å². The first-order chi connectivity index (χ1) is 5.88. The summed E-state index contributed by atoms with van der Waals surface area (Å²) in [6.07, 6.45) is 1.33. The zero-order chi connectivity index (χ0) is 10.1. The predicted molar refractivity (Wildman–Crippen MR) is 51.2 cm³/mol. The van der Waals surface area contributed by atoms with Gasteiger partial charge in [-0.25, -0.2) is 4.79 Å². The molecule has 0 bridgehead atoms. The number of aromatic amines is 1. The summed E-state index contributed by atoms with van der Waals surface area (Å²) < 4.78 is 6.42. The van der Waals surface area contributed by atoms with Crippen LogP contribution in [0.3, 0.4) is 0 Å². The minimum atomic E-state index is -1.81. The molecule has 1 aromatic rings. The third kappa shape index (κ3) is 2.90. The summed E-state index contributed by atoms with van der Waals surface area (Å²) in [6, 6.07) is 1.25. The third-order valence-electron chi connectivity index (χ3n) is 1.16. The summed E-state index contributed by atoms with van der Waals surface area (Å²) in [5, 5.41) is 0. The summed E-state index contributed by atoms with van der Waals surface area (Å²) in [6.45, 7) is 5.85. The molecule has 6 heteroatoms. The molecule has 0 aliphatic carbocycles. The lowest BCUT2D eigenvalue weighted by molar-refractivity contribution is 0.249. The van der Waals surface area contributed by atoms with Gasteiger partial charge in [-0.3, -0.25) is 9.78 Å². The Kier molecular flexibility index (Phi) is 2.42. The van der Waals surface area contributed by atoms with E-state index in [0.29, 0.717) is 0 Å². The van der Waals surface area contributed by atoms with Crippen LogP contribution in [0.1, 0.15) is 0 Å². The highest BCUT2D eigenvalue weighted by molar-refractivity contribution is 6.69. The summed E-state index contributed by atoms with van der Waals surface area (Å²) in [7, 11) is -1.81. The lowest BCUT2D eigenvalue weighted by Crippen LogP contribution is -2.43. The fourth-order valence-corrected chi connectivity index (χ4v) is 1.51. The van der Waals surface area contributed by atoms with Crippen molar-refractivity contribution in [1.82, 2.24) is 9.71 Å². The maximum Gasteiger partial charge on any atom is 0.359 e. The average Bonchev–Trinajstić information content (AvgIpc) is 1.93. The van der Waals surface area contributed by atoms with Crippen LogP contribution in [0.4, 0.5) is 0 Å². The Morgan fingerprint density at radius 3 is 2.46 bits per heavy atom. The highest BCUT2D eigenvalue weighted by atomic mass is 28.4. The molecule has 0 amide bonds. The SMILES string of the molecule is C[Si](C)(C)On1ccc(=O)[nH]c1=O. The fraction of sp³-hybridized carbons (Fsp3) is 0.429. The smallest absolute Gasteiger partial charge is 0.359 e. The van der Waals surface area contributed by atoms with E-state index in [4.69, 9.17) is 4.53 Å². The van der Waals surface area contributed by atoms with Crippen LogP contribution in [-0.2, 0) is 0 Å². The van der Waals surface area contributed by atoms with Crippen LogP contribution in [0.5, 0.6) is 0 Å². The van der Waals surface area contributed by atoms with Gasteiger partial charge in [-0.1, -0.05) is 0 Å². The van der Waals surface area contributed by atoms with E-state index in [0.717, 1.165) is 4.73 Å². The van der Waals surface area contributed by atoms with Crippen LogP contribution in [0.25, 0.3) is 0 Å². The van der Waals surface area contributed by atoms with Crippen molar-refractivity contribution in [3.63, 3.8) is 0 Å². The van der Waals surface area contributed by atoms with Crippen molar-refractivity contribution in [2.75, 3.05) is 0 Å². The fourth-order valence-electron chi connectivity index (χ4n) is 0.772. The van der Waals surface area contributed by atoms with E-state index in [2.05, 4.69) is 4.98 Å². The number of hydrogen-bond donors (Lipinski definition) is 1. The summed E-state index contributed by atoms with van der Waals surface area (Å²) in [5.41, 5.74) is -0.949. The van der Waals surface area contributed by atoms with Gasteiger partial charge in [-0.2, -0.15) is 4.73 Å². The number of rotatable bonds is 2. The topological polar surface area (TPSA) is 64.1 Å². The molecule has 72 valence electrons. The van der Waals surface area contributed by atoms with Crippen molar-refractivity contribution >= 4 is 8.32 Å². The van der Waals surface area contributed by atoms with E-state index in [9.17, 15) is 9.59 Å². The molecule has 0 aliphatic heterocycles. The van der Waals surface area contributed by atoms with Gasteiger partial charge in [0, 0.05) is 6.07 Å². The second kappa shape index (κ2) is 3.21. The molecular weight excluding hydrogens is 188 g/mol. The molecule has 13 heavy (non-hydrogen) atoms. The molecule has 1 aromatic heterocycles. The molecular formula is C7H12N2O3Si. The van der Waals surface area contributed by atoms with E-state index in [-0.39, 0.29) is 0 Å². The van der Waals surface area contributed by atoms with Crippen LogP contribution in [0.15, 0.2) is 21.9 Å². The third-order valence-corrected chi connectivity index (χ3v) is 1.91. The monoisotopic (exact) mass is 200 g/mol. The molecule has 5 nitrogen and oxygen atoms in total. The minimum absolute atomic E-state index is 0.416. The molecule has 1 N–H and O–H groups in total. The maximum absolute atomic E-state index is 11.1. The highest BCUT2D eigenvalue weighted by Gasteiger charge is 2.17. The molecule has 0 unspecified atom stereocenters. The predicted octanol–water partition coefficient (Wildman–Crippen LogP) is -0.200. The van der Waals surface area contributed by atoms with Crippen LogP contribution < -0.4 is 15.8 Å². The van der Waals surface area contributed by atoms with Gasteiger partial charge in [-0.15, -0.1) is 0 Å². The molecule has 0 fully saturated rings. The van der Waals surface area contributed by atoms with Gasteiger partial charge >= 0.3 is 5.69 Å². The Bertz CT molecular complexity index is 401. The number of H-pyrrole nitrogens is 1. The molecule has 0 atom stereocenters. The first-order valence-corrected chi connectivity index (χ1v) is 7.31. The Labute approximate surface area is 76.1 Å². The van der Waals surface area contributed by atoms with Crippen molar-refractivity contribution < 1.29 is 4.53 Å². The lowest BCUT2D eigenvalue weighted by Gasteiger charge is -2.18. The van der Waals surface area contributed by atoms with Crippen LogP contribution in [-0.4, -0.2) is 18.0 Å². The average molecular weight is 200 g/mol.